The average molecular weight is 486 g/mol. The largest absolute Gasteiger partial charge is 0.383 e. The highest BCUT2D eigenvalue weighted by Gasteiger charge is 2.19. The molecule has 1 fully saturated rings. The number of nitrogen functional groups attached to an aromatic ring is 1. The van der Waals surface area contributed by atoms with Crippen molar-refractivity contribution < 1.29 is 4.39 Å². The predicted molar refractivity (Wildman–Crippen MR) is 136 cm³/mol. The van der Waals surface area contributed by atoms with Crippen molar-refractivity contribution in [2.75, 3.05) is 18.8 Å². The van der Waals surface area contributed by atoms with Crippen molar-refractivity contribution in [1.29, 1.82) is 0 Å². The lowest BCUT2D eigenvalue weighted by Crippen LogP contribution is -2.18. The second kappa shape index (κ2) is 9.16. The van der Waals surface area contributed by atoms with E-state index in [2.05, 4.69) is 24.8 Å². The lowest BCUT2D eigenvalue weighted by atomic mass is 10.0. The number of aromatic amines is 1. The third kappa shape index (κ3) is 4.28. The van der Waals surface area contributed by atoms with Crippen molar-refractivity contribution >= 4 is 28.2 Å². The molecule has 5 aromatic rings. The van der Waals surface area contributed by atoms with Crippen LogP contribution in [0.3, 0.4) is 0 Å². The average Bonchev–Trinajstić information content (AvgIpc) is 3.64. The highest BCUT2D eigenvalue weighted by molar-refractivity contribution is 7.13. The van der Waals surface area contributed by atoms with Crippen molar-refractivity contribution in [3.63, 3.8) is 0 Å². The fourth-order valence-electron chi connectivity index (χ4n) is 4.66. The zero-order chi connectivity index (χ0) is 23.8. The van der Waals surface area contributed by atoms with Crippen LogP contribution in [-0.2, 0) is 13.0 Å². The van der Waals surface area contributed by atoms with Crippen molar-refractivity contribution in [2.45, 2.75) is 25.8 Å². The van der Waals surface area contributed by atoms with Gasteiger partial charge in [0, 0.05) is 54.4 Å². The van der Waals surface area contributed by atoms with Crippen LogP contribution in [0.15, 0.2) is 54.4 Å². The van der Waals surface area contributed by atoms with Crippen LogP contribution in [0.5, 0.6) is 0 Å². The number of anilines is 1. The van der Waals surface area contributed by atoms with E-state index in [1.165, 1.54) is 19.0 Å². The number of nitrogens with two attached hydrogens (primary N) is 1. The number of thiophene rings is 1. The smallest absolute Gasteiger partial charge is 0.139 e. The van der Waals surface area contributed by atoms with Gasteiger partial charge in [0.1, 0.15) is 28.7 Å². The summed E-state index contributed by atoms with van der Waals surface area (Å²) in [6.45, 7) is 3.00. The molecule has 9 heteroatoms. The number of nitrogens with one attached hydrogen (secondary N) is 1. The summed E-state index contributed by atoms with van der Waals surface area (Å²) in [6.07, 6.45) is 9.39. The minimum atomic E-state index is -0.394. The SMILES string of the molecule is Nc1ncc(-c2cncc(CN3CCCC3)c2)c(F)c1Cc1nc2c(-c3cccs3)nccc2[nH]1. The van der Waals surface area contributed by atoms with Crippen LogP contribution < -0.4 is 5.73 Å². The van der Waals surface area contributed by atoms with E-state index < -0.39 is 5.82 Å². The van der Waals surface area contributed by atoms with Crippen LogP contribution in [-0.4, -0.2) is 42.9 Å². The molecule has 0 radical (unpaired) electrons. The molecule has 7 nitrogen and oxygen atoms in total. The maximum atomic E-state index is 15.8. The number of hydrogen-bond donors (Lipinski definition) is 2. The van der Waals surface area contributed by atoms with E-state index in [1.54, 1.807) is 23.7 Å². The molecule has 0 unspecified atom stereocenters. The zero-order valence-corrected chi connectivity index (χ0v) is 19.9. The highest BCUT2D eigenvalue weighted by Crippen LogP contribution is 2.31. The number of nitrogens with zero attached hydrogens (tertiary/aromatic N) is 5. The summed E-state index contributed by atoms with van der Waals surface area (Å²) < 4.78 is 15.8. The highest BCUT2D eigenvalue weighted by atomic mass is 32.1. The van der Waals surface area contributed by atoms with Gasteiger partial charge in [0.15, 0.2) is 0 Å². The van der Waals surface area contributed by atoms with Gasteiger partial charge in [-0.1, -0.05) is 6.07 Å². The number of H-pyrrole nitrogens is 1. The van der Waals surface area contributed by atoms with E-state index in [0.717, 1.165) is 46.8 Å². The first-order valence-electron chi connectivity index (χ1n) is 11.6. The molecule has 3 N–H and O–H groups in total. The van der Waals surface area contributed by atoms with E-state index in [4.69, 9.17) is 10.7 Å². The number of fused-ring (bicyclic) bond motifs is 1. The zero-order valence-electron chi connectivity index (χ0n) is 19.0. The first kappa shape index (κ1) is 21.8. The molecule has 0 aromatic carbocycles. The van der Waals surface area contributed by atoms with Gasteiger partial charge < -0.3 is 10.7 Å². The number of imidazole rings is 1. The summed E-state index contributed by atoms with van der Waals surface area (Å²) >= 11 is 1.60. The number of hydrogen-bond acceptors (Lipinski definition) is 7. The minimum absolute atomic E-state index is 0.157. The van der Waals surface area contributed by atoms with Crippen LogP contribution in [0.25, 0.3) is 32.7 Å². The Kier molecular flexibility index (Phi) is 5.71. The molecule has 6 heterocycles. The predicted octanol–water partition coefficient (Wildman–Crippen LogP) is 5.05. The van der Waals surface area contributed by atoms with Crippen molar-refractivity contribution in [3.8, 4) is 21.7 Å². The maximum absolute atomic E-state index is 15.8. The Morgan fingerprint density at radius 2 is 2.00 bits per heavy atom. The second-order valence-electron chi connectivity index (χ2n) is 8.81. The monoisotopic (exact) mass is 485 g/mol. The van der Waals surface area contributed by atoms with Gasteiger partial charge in [-0.3, -0.25) is 14.9 Å². The van der Waals surface area contributed by atoms with Gasteiger partial charge in [0.2, 0.25) is 0 Å². The first-order valence-corrected chi connectivity index (χ1v) is 12.5. The lowest BCUT2D eigenvalue weighted by Gasteiger charge is -2.15. The summed E-state index contributed by atoms with van der Waals surface area (Å²) in [5.41, 5.74) is 11.0. The first-order chi connectivity index (χ1) is 17.2. The van der Waals surface area contributed by atoms with Crippen molar-refractivity contribution in [3.05, 3.63) is 77.2 Å². The molecular weight excluding hydrogens is 461 g/mol. The molecule has 0 bridgehead atoms. The van der Waals surface area contributed by atoms with Crippen LogP contribution in [0, 0.1) is 5.82 Å². The molecule has 35 heavy (non-hydrogen) atoms. The van der Waals surface area contributed by atoms with Gasteiger partial charge in [-0.25, -0.2) is 14.4 Å². The number of pyridine rings is 3. The molecule has 0 aliphatic carbocycles. The normalized spacial score (nSPS) is 14.2. The Balaban J connectivity index is 1.33. The van der Waals surface area contributed by atoms with Crippen molar-refractivity contribution in [2.24, 2.45) is 0 Å². The minimum Gasteiger partial charge on any atom is -0.383 e. The van der Waals surface area contributed by atoms with Gasteiger partial charge in [-0.05, 0) is 55.1 Å². The molecule has 0 spiro atoms. The topological polar surface area (TPSA) is 96.6 Å². The standard InChI is InChI=1S/C26H24FN7S/c27-23-18(11-22-32-20-5-6-30-25(24(20)33-22)21-4-3-9-35-21)26(28)31-14-19(23)17-10-16(12-29-13-17)15-34-7-1-2-8-34/h3-6,9-10,12-14H,1-2,7-8,11,15H2,(H2,28,31)(H,32,33). The Morgan fingerprint density at radius 1 is 1.11 bits per heavy atom. The fourth-order valence-corrected chi connectivity index (χ4v) is 5.39. The molecule has 0 saturated carbocycles. The number of aromatic nitrogens is 5. The molecule has 1 aliphatic heterocycles. The second-order valence-corrected chi connectivity index (χ2v) is 9.76. The lowest BCUT2D eigenvalue weighted by molar-refractivity contribution is 0.331. The third-order valence-electron chi connectivity index (χ3n) is 6.40. The Labute approximate surface area is 205 Å². The van der Waals surface area contributed by atoms with E-state index in [-0.39, 0.29) is 12.2 Å². The fraction of sp³-hybridized carbons (Fsp3) is 0.231. The van der Waals surface area contributed by atoms with E-state index in [9.17, 15) is 0 Å². The molecule has 5 aromatic heterocycles. The van der Waals surface area contributed by atoms with Crippen molar-refractivity contribution in [1.82, 2.24) is 29.8 Å². The number of rotatable bonds is 6. The van der Waals surface area contributed by atoms with Gasteiger partial charge in [0.25, 0.3) is 0 Å². The maximum Gasteiger partial charge on any atom is 0.139 e. The summed E-state index contributed by atoms with van der Waals surface area (Å²) in [6, 6.07) is 7.86. The number of likely N-dealkylation sites (tertiary alicyclic amines) is 1. The summed E-state index contributed by atoms with van der Waals surface area (Å²) in [7, 11) is 0. The van der Waals surface area contributed by atoms with Crippen LogP contribution in [0.4, 0.5) is 10.2 Å². The molecule has 0 atom stereocenters. The molecule has 6 rings (SSSR count). The Hall–Kier alpha value is -3.69. The van der Waals surface area contributed by atoms with Crippen LogP contribution >= 0.6 is 11.3 Å². The summed E-state index contributed by atoms with van der Waals surface area (Å²) in [4.78, 5) is 24.6. The van der Waals surface area contributed by atoms with Crippen LogP contribution in [0.2, 0.25) is 0 Å². The molecular formula is C26H24FN7S. The third-order valence-corrected chi connectivity index (χ3v) is 7.28. The Morgan fingerprint density at radius 3 is 2.83 bits per heavy atom. The van der Waals surface area contributed by atoms with Gasteiger partial charge in [-0.15, -0.1) is 11.3 Å². The molecule has 1 aliphatic rings. The van der Waals surface area contributed by atoms with Crippen LogP contribution in [0.1, 0.15) is 29.8 Å². The summed E-state index contributed by atoms with van der Waals surface area (Å²) in [5, 5.41) is 2.01. The molecule has 0 amide bonds. The number of halogens is 1. The Bertz CT molecular complexity index is 1490. The molecule has 1 saturated heterocycles. The van der Waals surface area contributed by atoms with Gasteiger partial charge in [0.05, 0.1) is 10.4 Å². The van der Waals surface area contributed by atoms with E-state index >= 15 is 4.39 Å². The van der Waals surface area contributed by atoms with Gasteiger partial charge >= 0.3 is 0 Å². The van der Waals surface area contributed by atoms with E-state index in [0.29, 0.717) is 22.5 Å². The summed E-state index contributed by atoms with van der Waals surface area (Å²) in [5.74, 6) is 0.371. The van der Waals surface area contributed by atoms with Gasteiger partial charge in [-0.2, -0.15) is 0 Å². The molecule has 176 valence electrons. The quantitative estimate of drug-likeness (QED) is 0.349. The van der Waals surface area contributed by atoms with E-state index in [1.807, 2.05) is 35.8 Å².